The number of carboxylic acid groups (broad SMARTS) is 1. The van der Waals surface area contributed by atoms with Crippen LogP contribution in [0.1, 0.15) is 10.6 Å². The van der Waals surface area contributed by atoms with Crippen LogP contribution in [0.4, 0.5) is 5.69 Å². The molecule has 0 atom stereocenters. The van der Waals surface area contributed by atoms with Crippen molar-refractivity contribution in [2.45, 2.75) is 5.09 Å². The number of sulfonamides is 1. The fourth-order valence-corrected chi connectivity index (χ4v) is 2.77. The van der Waals surface area contributed by atoms with Gasteiger partial charge in [-0.25, -0.2) is 4.79 Å². The van der Waals surface area contributed by atoms with Gasteiger partial charge in [0, 0.05) is 0 Å². The summed E-state index contributed by atoms with van der Waals surface area (Å²) in [6, 6.07) is 6.49. The van der Waals surface area contributed by atoms with Crippen molar-refractivity contribution >= 4 is 44.9 Å². The topological polar surface area (TPSA) is 96.6 Å². The third kappa shape index (κ3) is 2.90. The van der Waals surface area contributed by atoms with Gasteiger partial charge < -0.3 is 9.52 Å². The van der Waals surface area contributed by atoms with Crippen molar-refractivity contribution in [3.63, 3.8) is 0 Å². The number of rotatable bonds is 4. The Bertz CT molecular complexity index is 769. The van der Waals surface area contributed by atoms with Gasteiger partial charge in [-0.1, -0.05) is 29.3 Å². The van der Waals surface area contributed by atoms with E-state index in [-0.39, 0.29) is 15.7 Å². The molecule has 2 rings (SSSR count). The van der Waals surface area contributed by atoms with Crippen LogP contribution in [0.3, 0.4) is 0 Å². The number of furan rings is 1. The van der Waals surface area contributed by atoms with Crippen LogP contribution in [0.25, 0.3) is 0 Å². The maximum absolute atomic E-state index is 12.0. The highest BCUT2D eigenvalue weighted by Gasteiger charge is 2.22. The lowest BCUT2D eigenvalue weighted by Gasteiger charge is -2.08. The largest absolute Gasteiger partial charge is 0.475 e. The third-order valence-corrected chi connectivity index (χ3v) is 4.31. The van der Waals surface area contributed by atoms with Gasteiger partial charge in [-0.3, -0.25) is 4.72 Å². The number of carboxylic acids is 1. The number of hydrogen-bond donors (Lipinski definition) is 2. The van der Waals surface area contributed by atoms with E-state index in [0.29, 0.717) is 0 Å². The summed E-state index contributed by atoms with van der Waals surface area (Å²) in [7, 11) is -4.09. The molecule has 2 N–H and O–H groups in total. The Balaban J connectivity index is 2.35. The van der Waals surface area contributed by atoms with E-state index in [9.17, 15) is 13.2 Å². The van der Waals surface area contributed by atoms with E-state index in [1.165, 1.54) is 18.2 Å². The highest BCUT2D eigenvalue weighted by atomic mass is 35.5. The van der Waals surface area contributed by atoms with E-state index in [1.54, 1.807) is 0 Å². The van der Waals surface area contributed by atoms with Crippen molar-refractivity contribution in [1.82, 2.24) is 0 Å². The standard InChI is InChI=1S/C11H7Cl2NO5S/c12-6-2-1-3-7(10(6)13)14-20(17,18)9-5-4-8(19-9)11(15)16/h1-5,14H,(H,15,16). The number of benzene rings is 1. The molecule has 0 aliphatic carbocycles. The summed E-state index contributed by atoms with van der Waals surface area (Å²) in [5.41, 5.74) is 0.0624. The van der Waals surface area contributed by atoms with Crippen LogP contribution in [-0.4, -0.2) is 19.5 Å². The molecule has 1 aromatic carbocycles. The lowest BCUT2D eigenvalue weighted by molar-refractivity contribution is 0.0656. The van der Waals surface area contributed by atoms with Crippen molar-refractivity contribution in [2.24, 2.45) is 0 Å². The average Bonchev–Trinajstić information content (AvgIpc) is 2.85. The van der Waals surface area contributed by atoms with E-state index in [2.05, 4.69) is 4.72 Å². The number of anilines is 1. The first-order valence-electron chi connectivity index (χ1n) is 5.11. The molecule has 0 radical (unpaired) electrons. The number of hydrogen-bond acceptors (Lipinski definition) is 4. The Morgan fingerprint density at radius 1 is 1.20 bits per heavy atom. The monoisotopic (exact) mass is 335 g/mol. The SMILES string of the molecule is O=C(O)c1ccc(S(=O)(=O)Nc2cccc(Cl)c2Cl)o1. The quantitative estimate of drug-likeness (QED) is 0.894. The fourth-order valence-electron chi connectivity index (χ4n) is 1.36. The van der Waals surface area contributed by atoms with Gasteiger partial charge >= 0.3 is 5.97 Å². The van der Waals surface area contributed by atoms with E-state index < -0.39 is 26.8 Å². The minimum absolute atomic E-state index is 0.0303. The minimum atomic E-state index is -4.09. The first kappa shape index (κ1) is 14.7. The van der Waals surface area contributed by atoms with Gasteiger partial charge in [0.05, 0.1) is 15.7 Å². The van der Waals surface area contributed by atoms with Crippen LogP contribution in [0, 0.1) is 0 Å². The van der Waals surface area contributed by atoms with Crippen molar-refractivity contribution in [3.8, 4) is 0 Å². The van der Waals surface area contributed by atoms with Crippen molar-refractivity contribution < 1.29 is 22.7 Å². The Hall–Kier alpha value is -1.70. The Morgan fingerprint density at radius 3 is 2.50 bits per heavy atom. The lowest BCUT2D eigenvalue weighted by atomic mass is 10.3. The van der Waals surface area contributed by atoms with Crippen molar-refractivity contribution in [3.05, 3.63) is 46.1 Å². The van der Waals surface area contributed by atoms with Crippen LogP contribution in [0.15, 0.2) is 39.8 Å². The maximum Gasteiger partial charge on any atom is 0.371 e. The van der Waals surface area contributed by atoms with E-state index in [1.807, 2.05) is 0 Å². The second kappa shape index (κ2) is 5.35. The smallest absolute Gasteiger partial charge is 0.371 e. The number of halogens is 2. The molecule has 6 nitrogen and oxygen atoms in total. The van der Waals surface area contributed by atoms with Gasteiger partial charge in [-0.2, -0.15) is 8.42 Å². The van der Waals surface area contributed by atoms with Gasteiger partial charge in [-0.15, -0.1) is 0 Å². The molecule has 0 aliphatic heterocycles. The van der Waals surface area contributed by atoms with E-state index >= 15 is 0 Å². The second-order valence-electron chi connectivity index (χ2n) is 3.63. The summed E-state index contributed by atoms with van der Waals surface area (Å²) in [4.78, 5) is 10.7. The molecule has 1 heterocycles. The van der Waals surface area contributed by atoms with Gasteiger partial charge in [0.25, 0.3) is 10.0 Å². The summed E-state index contributed by atoms with van der Waals surface area (Å²) in [5.74, 6) is -1.85. The first-order chi connectivity index (χ1) is 9.31. The van der Waals surface area contributed by atoms with Gasteiger partial charge in [0.1, 0.15) is 0 Å². The zero-order chi connectivity index (χ0) is 14.9. The molecule has 0 spiro atoms. The molecule has 2 aromatic rings. The van der Waals surface area contributed by atoms with Crippen molar-refractivity contribution in [2.75, 3.05) is 4.72 Å². The van der Waals surface area contributed by atoms with Crippen LogP contribution < -0.4 is 4.72 Å². The molecule has 0 unspecified atom stereocenters. The van der Waals surface area contributed by atoms with E-state index in [0.717, 1.165) is 12.1 Å². The molecule has 20 heavy (non-hydrogen) atoms. The molecule has 0 bridgehead atoms. The molecule has 9 heteroatoms. The molecule has 0 fully saturated rings. The second-order valence-corrected chi connectivity index (χ2v) is 6.03. The number of carbonyl (C=O) groups is 1. The zero-order valence-electron chi connectivity index (χ0n) is 9.63. The average molecular weight is 336 g/mol. The van der Waals surface area contributed by atoms with Crippen LogP contribution in [0.2, 0.25) is 10.0 Å². The summed E-state index contributed by atoms with van der Waals surface area (Å²) in [5, 5.41) is 8.36. The summed E-state index contributed by atoms with van der Waals surface area (Å²) >= 11 is 11.6. The fraction of sp³-hybridized carbons (Fsp3) is 0. The molecule has 0 aliphatic rings. The molecular formula is C11H7Cl2NO5S. The number of nitrogens with one attached hydrogen (secondary N) is 1. The molecule has 106 valence electrons. The van der Waals surface area contributed by atoms with Crippen LogP contribution in [0.5, 0.6) is 0 Å². The summed E-state index contributed by atoms with van der Waals surface area (Å²) in [6.07, 6.45) is 0. The highest BCUT2D eigenvalue weighted by Crippen LogP contribution is 2.31. The normalized spacial score (nSPS) is 11.3. The van der Waals surface area contributed by atoms with Crippen LogP contribution >= 0.6 is 23.2 Å². The Kier molecular flexibility index (Phi) is 3.94. The number of aromatic carboxylic acids is 1. The Labute approximate surface area is 124 Å². The first-order valence-corrected chi connectivity index (χ1v) is 7.35. The third-order valence-electron chi connectivity index (χ3n) is 2.25. The lowest BCUT2D eigenvalue weighted by Crippen LogP contribution is -2.12. The summed E-state index contributed by atoms with van der Waals surface area (Å²) < 4.78 is 30.9. The molecule has 1 aromatic heterocycles. The zero-order valence-corrected chi connectivity index (χ0v) is 12.0. The molecule has 0 amide bonds. The Morgan fingerprint density at radius 2 is 1.90 bits per heavy atom. The molecule has 0 saturated carbocycles. The summed E-state index contributed by atoms with van der Waals surface area (Å²) in [6.45, 7) is 0. The van der Waals surface area contributed by atoms with Crippen molar-refractivity contribution in [1.29, 1.82) is 0 Å². The predicted octanol–water partition coefficient (Wildman–Crippen LogP) is 3.09. The minimum Gasteiger partial charge on any atom is -0.475 e. The van der Waals surface area contributed by atoms with E-state index in [4.69, 9.17) is 32.7 Å². The van der Waals surface area contributed by atoms with Gasteiger partial charge in [-0.05, 0) is 24.3 Å². The van der Waals surface area contributed by atoms with Gasteiger partial charge in [0.15, 0.2) is 0 Å². The van der Waals surface area contributed by atoms with Crippen LogP contribution in [-0.2, 0) is 10.0 Å². The molecule has 0 saturated heterocycles. The maximum atomic E-state index is 12.0. The van der Waals surface area contributed by atoms with Gasteiger partial charge in [0.2, 0.25) is 10.9 Å². The predicted molar refractivity (Wildman–Crippen MR) is 72.9 cm³/mol. The molecular weight excluding hydrogens is 329 g/mol. The highest BCUT2D eigenvalue weighted by molar-refractivity contribution is 7.92.